The summed E-state index contributed by atoms with van der Waals surface area (Å²) in [5.74, 6) is -2.48. The van der Waals surface area contributed by atoms with E-state index in [0.717, 1.165) is 5.69 Å². The molecular formula is C22H26N8O5. The number of nitrogen functional groups attached to an aromatic ring is 2. The van der Waals surface area contributed by atoms with E-state index in [9.17, 15) is 19.5 Å². The van der Waals surface area contributed by atoms with Crippen molar-refractivity contribution in [2.45, 2.75) is 38.3 Å². The number of aromatic nitrogens is 4. The SMILES string of the molecule is CN(Cc1cnc2nc(N)nc(N)c2n1)c1ccc(C(=O)NC(CCCCC(=O)O)C(=O)O)cc1. The van der Waals surface area contributed by atoms with Crippen molar-refractivity contribution in [2.75, 3.05) is 23.4 Å². The van der Waals surface area contributed by atoms with Gasteiger partial charge in [0.05, 0.1) is 18.4 Å². The molecule has 1 atom stereocenters. The van der Waals surface area contributed by atoms with E-state index in [-0.39, 0.29) is 24.6 Å². The number of carbonyl (C=O) groups is 3. The summed E-state index contributed by atoms with van der Waals surface area (Å²) in [4.78, 5) is 53.0. The van der Waals surface area contributed by atoms with Crippen LogP contribution in [0.5, 0.6) is 0 Å². The molecule has 1 unspecified atom stereocenters. The van der Waals surface area contributed by atoms with Gasteiger partial charge in [0.25, 0.3) is 5.91 Å². The minimum Gasteiger partial charge on any atom is -0.481 e. The zero-order valence-electron chi connectivity index (χ0n) is 19.0. The molecule has 2 heterocycles. The average Bonchev–Trinajstić information content (AvgIpc) is 2.81. The van der Waals surface area contributed by atoms with Crippen LogP contribution < -0.4 is 21.7 Å². The van der Waals surface area contributed by atoms with Crippen molar-refractivity contribution in [3.05, 3.63) is 41.7 Å². The monoisotopic (exact) mass is 482 g/mol. The fraction of sp³-hybridized carbons (Fsp3) is 0.318. The molecule has 0 radical (unpaired) electrons. The first-order valence-corrected chi connectivity index (χ1v) is 10.8. The first kappa shape index (κ1) is 25.1. The number of carbonyl (C=O) groups excluding carboxylic acids is 1. The Bertz CT molecular complexity index is 1230. The normalized spacial score (nSPS) is 11.7. The molecule has 0 fully saturated rings. The third-order valence-electron chi connectivity index (χ3n) is 5.21. The van der Waals surface area contributed by atoms with Crippen LogP contribution in [0.15, 0.2) is 30.5 Å². The number of unbranched alkanes of at least 4 members (excludes halogenated alkanes) is 1. The van der Waals surface area contributed by atoms with Crippen LogP contribution in [-0.2, 0) is 16.1 Å². The van der Waals surface area contributed by atoms with Crippen LogP contribution in [0.25, 0.3) is 11.2 Å². The number of nitrogens with one attached hydrogen (secondary N) is 1. The summed E-state index contributed by atoms with van der Waals surface area (Å²) in [7, 11) is 1.83. The predicted molar refractivity (Wildman–Crippen MR) is 127 cm³/mol. The van der Waals surface area contributed by atoms with Crippen LogP contribution >= 0.6 is 0 Å². The summed E-state index contributed by atoms with van der Waals surface area (Å²) >= 11 is 0. The van der Waals surface area contributed by atoms with E-state index in [1.807, 2.05) is 11.9 Å². The Morgan fingerprint density at radius 2 is 1.77 bits per heavy atom. The predicted octanol–water partition coefficient (Wildman–Crippen LogP) is 1.05. The number of carboxylic acids is 2. The highest BCUT2D eigenvalue weighted by atomic mass is 16.4. The van der Waals surface area contributed by atoms with E-state index in [2.05, 4.69) is 25.3 Å². The molecule has 0 saturated heterocycles. The van der Waals surface area contributed by atoms with E-state index in [1.54, 1.807) is 30.5 Å². The van der Waals surface area contributed by atoms with Gasteiger partial charge in [-0.2, -0.15) is 9.97 Å². The Kier molecular flexibility index (Phi) is 7.92. The molecule has 0 spiro atoms. The minimum absolute atomic E-state index is 0.0196. The Hall–Kier alpha value is -4.55. The van der Waals surface area contributed by atoms with Crippen LogP contribution in [0, 0.1) is 0 Å². The van der Waals surface area contributed by atoms with Crippen molar-refractivity contribution in [1.82, 2.24) is 25.3 Å². The van der Waals surface area contributed by atoms with Gasteiger partial charge in [0, 0.05) is 24.7 Å². The molecule has 1 aromatic carbocycles. The maximum Gasteiger partial charge on any atom is 0.326 e. The van der Waals surface area contributed by atoms with Gasteiger partial charge in [-0.25, -0.2) is 14.8 Å². The third-order valence-corrected chi connectivity index (χ3v) is 5.21. The van der Waals surface area contributed by atoms with Gasteiger partial charge in [0.1, 0.15) is 6.04 Å². The Labute approximate surface area is 200 Å². The van der Waals surface area contributed by atoms with E-state index in [1.165, 1.54) is 0 Å². The maximum absolute atomic E-state index is 12.5. The molecule has 0 bridgehead atoms. The van der Waals surface area contributed by atoms with Crippen LogP contribution in [-0.4, -0.2) is 61.1 Å². The summed E-state index contributed by atoms with van der Waals surface area (Å²) in [5, 5.41) is 20.5. The number of hydrogen-bond donors (Lipinski definition) is 5. The number of fused-ring (bicyclic) bond motifs is 1. The van der Waals surface area contributed by atoms with Crippen LogP contribution in [0.2, 0.25) is 0 Å². The molecule has 1 amide bonds. The van der Waals surface area contributed by atoms with Crippen molar-refractivity contribution >= 4 is 46.5 Å². The highest BCUT2D eigenvalue weighted by Gasteiger charge is 2.20. The Morgan fingerprint density at radius 3 is 2.43 bits per heavy atom. The lowest BCUT2D eigenvalue weighted by Crippen LogP contribution is -2.40. The smallest absolute Gasteiger partial charge is 0.326 e. The second kappa shape index (κ2) is 11.0. The van der Waals surface area contributed by atoms with E-state index in [4.69, 9.17) is 16.6 Å². The van der Waals surface area contributed by atoms with E-state index >= 15 is 0 Å². The largest absolute Gasteiger partial charge is 0.481 e. The molecule has 2 aromatic heterocycles. The number of anilines is 3. The van der Waals surface area contributed by atoms with Gasteiger partial charge in [-0.1, -0.05) is 6.42 Å². The first-order valence-electron chi connectivity index (χ1n) is 10.8. The number of hydrogen-bond acceptors (Lipinski definition) is 10. The molecule has 0 saturated carbocycles. The third kappa shape index (κ3) is 6.72. The number of nitrogens with zero attached hydrogens (tertiary/aromatic N) is 5. The van der Waals surface area contributed by atoms with Crippen LogP contribution in [0.3, 0.4) is 0 Å². The van der Waals surface area contributed by atoms with Gasteiger partial charge in [0.2, 0.25) is 5.95 Å². The van der Waals surface area contributed by atoms with Gasteiger partial charge in [-0.15, -0.1) is 0 Å². The van der Waals surface area contributed by atoms with Gasteiger partial charge >= 0.3 is 11.9 Å². The highest BCUT2D eigenvalue weighted by Crippen LogP contribution is 2.19. The number of carboxylic acid groups (broad SMARTS) is 2. The van der Waals surface area contributed by atoms with Crippen LogP contribution in [0.1, 0.15) is 41.7 Å². The minimum atomic E-state index is -1.17. The number of nitrogens with two attached hydrogens (primary N) is 2. The molecule has 7 N–H and O–H groups in total. The summed E-state index contributed by atoms with van der Waals surface area (Å²) in [5.41, 5.74) is 13.8. The van der Waals surface area contributed by atoms with Crippen LogP contribution in [0.4, 0.5) is 17.5 Å². The van der Waals surface area contributed by atoms with Crippen molar-refractivity contribution in [2.24, 2.45) is 0 Å². The number of rotatable bonds is 11. The van der Waals surface area contributed by atoms with Gasteiger partial charge in [0.15, 0.2) is 17.0 Å². The fourth-order valence-electron chi connectivity index (χ4n) is 3.38. The summed E-state index contributed by atoms with van der Waals surface area (Å²) in [6.45, 7) is 0.385. The Balaban J connectivity index is 1.62. The summed E-state index contributed by atoms with van der Waals surface area (Å²) in [6.07, 6.45) is 2.37. The summed E-state index contributed by atoms with van der Waals surface area (Å²) < 4.78 is 0. The first-order chi connectivity index (χ1) is 16.6. The van der Waals surface area contributed by atoms with Gasteiger partial charge in [-0.05, 0) is 37.1 Å². The molecule has 0 aliphatic rings. The quantitative estimate of drug-likeness (QED) is 0.243. The number of benzene rings is 1. The second-order valence-electron chi connectivity index (χ2n) is 7.91. The lowest BCUT2D eigenvalue weighted by atomic mass is 10.1. The maximum atomic E-state index is 12.5. The fourth-order valence-corrected chi connectivity index (χ4v) is 3.38. The molecule has 35 heavy (non-hydrogen) atoms. The number of amides is 1. The zero-order valence-corrected chi connectivity index (χ0v) is 19.0. The number of aliphatic carboxylic acids is 2. The molecule has 184 valence electrons. The molecule has 3 rings (SSSR count). The summed E-state index contributed by atoms with van der Waals surface area (Å²) in [6, 6.07) is 5.53. The Morgan fingerprint density at radius 1 is 1.06 bits per heavy atom. The molecule has 0 aliphatic carbocycles. The lowest BCUT2D eigenvalue weighted by molar-refractivity contribution is -0.139. The van der Waals surface area contributed by atoms with E-state index < -0.39 is 23.9 Å². The van der Waals surface area contributed by atoms with Crippen molar-refractivity contribution < 1.29 is 24.6 Å². The van der Waals surface area contributed by atoms with Crippen molar-refractivity contribution in [1.29, 1.82) is 0 Å². The van der Waals surface area contributed by atoms with Gasteiger partial charge < -0.3 is 31.9 Å². The van der Waals surface area contributed by atoms with Crippen molar-refractivity contribution in [3.63, 3.8) is 0 Å². The molecule has 13 heteroatoms. The lowest BCUT2D eigenvalue weighted by Gasteiger charge is -2.19. The average molecular weight is 483 g/mol. The molecule has 13 nitrogen and oxygen atoms in total. The highest BCUT2D eigenvalue weighted by molar-refractivity contribution is 5.96. The van der Waals surface area contributed by atoms with Crippen molar-refractivity contribution in [3.8, 4) is 0 Å². The van der Waals surface area contributed by atoms with Gasteiger partial charge in [-0.3, -0.25) is 9.59 Å². The molecule has 0 aliphatic heterocycles. The van der Waals surface area contributed by atoms with E-state index in [0.29, 0.717) is 41.8 Å². The molecular weight excluding hydrogens is 456 g/mol. The second-order valence-corrected chi connectivity index (χ2v) is 7.91. The zero-order chi connectivity index (χ0) is 25.5. The molecule has 3 aromatic rings. The topological polar surface area (TPSA) is 211 Å². The standard InChI is InChI=1S/C22H26N8O5/c1-30(11-13-10-25-19-17(26-13)18(23)28-22(24)29-19)14-8-6-12(7-9-14)20(33)27-15(21(34)35)4-2-3-5-16(31)32/h6-10,15H,2-5,11H2,1H3,(H,27,33)(H,31,32)(H,34,35)(H4,23,24,25,28,29).